The van der Waals surface area contributed by atoms with E-state index >= 15 is 0 Å². The molecule has 0 unspecified atom stereocenters. The molecule has 2 N–H and O–H groups in total. The number of nitrogens with one attached hydrogen (secondary N) is 1. The molecule has 0 aliphatic rings. The number of anilines is 1. The Hall–Kier alpha value is -3.40. The lowest BCUT2D eigenvalue weighted by Gasteiger charge is -2.15. The first-order valence-corrected chi connectivity index (χ1v) is 9.87. The van der Waals surface area contributed by atoms with E-state index in [9.17, 15) is 31.9 Å². The number of hydrogen-bond acceptors (Lipinski definition) is 4. The van der Waals surface area contributed by atoms with Crippen LogP contribution in [0.1, 0.15) is 28.7 Å². The Morgan fingerprint density at radius 1 is 1.15 bits per heavy atom. The lowest BCUT2D eigenvalue weighted by molar-refractivity contribution is -0.138. The summed E-state index contributed by atoms with van der Waals surface area (Å²) in [4.78, 5) is 36.3. The number of fused-ring (bicyclic) bond motifs is 1. The summed E-state index contributed by atoms with van der Waals surface area (Å²) in [5.41, 5.74) is -2.32. The molecule has 33 heavy (non-hydrogen) atoms. The number of carbonyl (C=O) groups is 2. The maximum atomic E-state index is 13.3. The molecule has 2 aromatic carbocycles. The van der Waals surface area contributed by atoms with Gasteiger partial charge in [0.25, 0.3) is 0 Å². The van der Waals surface area contributed by atoms with Crippen LogP contribution in [0.3, 0.4) is 0 Å². The van der Waals surface area contributed by atoms with Gasteiger partial charge in [0, 0.05) is 22.9 Å². The van der Waals surface area contributed by atoms with Crippen LogP contribution in [-0.2, 0) is 28.6 Å². The summed E-state index contributed by atoms with van der Waals surface area (Å²) in [6.07, 6.45) is -6.13. The minimum absolute atomic E-state index is 0.0815. The van der Waals surface area contributed by atoms with Crippen molar-refractivity contribution in [3.63, 3.8) is 0 Å². The van der Waals surface area contributed by atoms with Crippen LogP contribution in [0.4, 0.5) is 23.2 Å². The molecule has 3 rings (SSSR count). The highest BCUT2D eigenvalue weighted by molar-refractivity contribution is 6.32. The first kappa shape index (κ1) is 24.2. The smallest absolute Gasteiger partial charge is 0.418 e. The molecular formula is C22H16ClF4NO5. The first-order valence-electron chi connectivity index (χ1n) is 9.50. The summed E-state index contributed by atoms with van der Waals surface area (Å²) < 4.78 is 58.1. The van der Waals surface area contributed by atoms with Gasteiger partial charge in [0.2, 0.25) is 5.91 Å². The molecule has 0 fully saturated rings. The van der Waals surface area contributed by atoms with E-state index in [1.54, 1.807) is 13.0 Å². The van der Waals surface area contributed by atoms with E-state index in [0.29, 0.717) is 16.0 Å². The van der Waals surface area contributed by atoms with Crippen molar-refractivity contribution in [3.05, 3.63) is 73.8 Å². The van der Waals surface area contributed by atoms with Gasteiger partial charge in [0.05, 0.1) is 23.2 Å². The van der Waals surface area contributed by atoms with E-state index in [4.69, 9.17) is 21.1 Å². The highest BCUT2D eigenvalue weighted by Gasteiger charge is 2.34. The molecule has 1 heterocycles. The minimum atomic E-state index is -4.93. The van der Waals surface area contributed by atoms with Crippen LogP contribution in [0, 0.1) is 12.7 Å². The number of aliphatic carboxylic acids is 1. The fraction of sp³-hybridized carbons (Fsp3) is 0.227. The van der Waals surface area contributed by atoms with Gasteiger partial charge in [-0.2, -0.15) is 13.2 Å². The fourth-order valence-electron chi connectivity index (χ4n) is 3.34. The predicted octanol–water partition coefficient (Wildman–Crippen LogP) is 5.11. The third kappa shape index (κ3) is 5.51. The molecule has 11 heteroatoms. The molecule has 0 aliphatic heterocycles. The van der Waals surface area contributed by atoms with Crippen LogP contribution in [0.2, 0.25) is 5.02 Å². The Bertz CT molecular complexity index is 1320. The van der Waals surface area contributed by atoms with Gasteiger partial charge < -0.3 is 14.8 Å². The topological polar surface area (TPSA) is 96.6 Å². The van der Waals surface area contributed by atoms with Crippen LogP contribution >= 0.6 is 11.6 Å². The fourth-order valence-corrected chi connectivity index (χ4v) is 3.50. The van der Waals surface area contributed by atoms with E-state index in [0.717, 1.165) is 12.1 Å². The zero-order valence-electron chi connectivity index (χ0n) is 17.0. The molecule has 3 aromatic rings. The lowest BCUT2D eigenvalue weighted by atomic mass is 9.96. The van der Waals surface area contributed by atoms with Gasteiger partial charge in [-0.05, 0) is 48.7 Å². The Kier molecular flexibility index (Phi) is 6.78. The van der Waals surface area contributed by atoms with E-state index in [2.05, 4.69) is 0 Å². The molecule has 0 atom stereocenters. The Morgan fingerprint density at radius 3 is 2.48 bits per heavy atom. The van der Waals surface area contributed by atoms with Gasteiger partial charge in [-0.3, -0.25) is 9.59 Å². The number of carboxylic acid groups (broad SMARTS) is 1. The molecule has 1 aromatic heterocycles. The molecule has 0 aliphatic carbocycles. The quantitative estimate of drug-likeness (QED) is 0.373. The van der Waals surface area contributed by atoms with Crippen molar-refractivity contribution in [2.45, 2.75) is 32.4 Å². The summed E-state index contributed by atoms with van der Waals surface area (Å²) in [6, 6.07) is 4.71. The molecule has 1 amide bonds. The van der Waals surface area contributed by atoms with Crippen LogP contribution in [0.15, 0.2) is 39.5 Å². The Morgan fingerprint density at radius 2 is 1.85 bits per heavy atom. The van der Waals surface area contributed by atoms with Gasteiger partial charge in [-0.15, -0.1) is 0 Å². The SMILES string of the molecule is Cc1cc2c(CCC(=O)O)c(CC(=O)Nc3ccc(F)cc3C(F)(F)F)c(=O)oc2cc1Cl. The van der Waals surface area contributed by atoms with Gasteiger partial charge in [0.1, 0.15) is 11.4 Å². The van der Waals surface area contributed by atoms with Crippen molar-refractivity contribution in [1.29, 1.82) is 0 Å². The molecular weight excluding hydrogens is 470 g/mol. The van der Waals surface area contributed by atoms with Gasteiger partial charge in [0.15, 0.2) is 0 Å². The number of halogens is 5. The zero-order chi connectivity index (χ0) is 24.5. The number of amides is 1. The van der Waals surface area contributed by atoms with Crippen molar-refractivity contribution >= 4 is 40.1 Å². The molecule has 0 saturated heterocycles. The molecule has 6 nitrogen and oxygen atoms in total. The molecule has 0 radical (unpaired) electrons. The highest BCUT2D eigenvalue weighted by atomic mass is 35.5. The second kappa shape index (κ2) is 9.22. The lowest BCUT2D eigenvalue weighted by Crippen LogP contribution is -2.23. The average Bonchev–Trinajstić information content (AvgIpc) is 2.70. The largest absolute Gasteiger partial charge is 0.481 e. The van der Waals surface area contributed by atoms with Gasteiger partial charge in [-0.25, -0.2) is 9.18 Å². The zero-order valence-corrected chi connectivity index (χ0v) is 17.7. The number of rotatable bonds is 6. The second-order valence-electron chi connectivity index (χ2n) is 7.25. The van der Waals surface area contributed by atoms with Crippen molar-refractivity contribution < 1.29 is 36.7 Å². The predicted molar refractivity (Wildman–Crippen MR) is 112 cm³/mol. The second-order valence-corrected chi connectivity index (χ2v) is 7.66. The maximum absolute atomic E-state index is 13.3. The van der Waals surface area contributed by atoms with Gasteiger partial charge >= 0.3 is 17.8 Å². The third-order valence-electron chi connectivity index (χ3n) is 4.89. The molecule has 0 saturated carbocycles. The number of carbonyl (C=O) groups excluding carboxylic acids is 1. The molecule has 174 valence electrons. The maximum Gasteiger partial charge on any atom is 0.418 e. The van der Waals surface area contributed by atoms with E-state index in [-0.39, 0.29) is 35.6 Å². The Labute approximate surface area is 188 Å². The summed E-state index contributed by atoms with van der Waals surface area (Å²) in [5.74, 6) is -3.29. The highest BCUT2D eigenvalue weighted by Crippen LogP contribution is 2.35. The van der Waals surface area contributed by atoms with Crippen molar-refractivity contribution in [2.75, 3.05) is 5.32 Å². The molecule has 0 spiro atoms. The first-order chi connectivity index (χ1) is 15.4. The van der Waals surface area contributed by atoms with Crippen LogP contribution in [0.5, 0.6) is 0 Å². The van der Waals surface area contributed by atoms with Gasteiger partial charge in [-0.1, -0.05) is 11.6 Å². The number of carboxylic acids is 1. The third-order valence-corrected chi connectivity index (χ3v) is 5.29. The van der Waals surface area contributed by atoms with Crippen LogP contribution < -0.4 is 10.9 Å². The number of hydrogen-bond donors (Lipinski definition) is 2. The van der Waals surface area contributed by atoms with Crippen LogP contribution in [-0.4, -0.2) is 17.0 Å². The normalized spacial score (nSPS) is 11.6. The standard InChI is InChI=1S/C22H16ClF4NO5/c1-10-6-13-12(3-5-20(30)31)14(21(32)33-18(13)9-16(10)23)8-19(29)28-17-4-2-11(24)7-15(17)22(25,26)27/h2,4,6-7,9H,3,5,8H2,1H3,(H,28,29)(H,30,31). The van der Waals surface area contributed by atoms with E-state index < -0.39 is 47.2 Å². The van der Waals surface area contributed by atoms with Crippen molar-refractivity contribution in [2.24, 2.45) is 0 Å². The van der Waals surface area contributed by atoms with Crippen LogP contribution in [0.25, 0.3) is 11.0 Å². The number of benzene rings is 2. The minimum Gasteiger partial charge on any atom is -0.481 e. The summed E-state index contributed by atoms with van der Waals surface area (Å²) in [6.45, 7) is 1.67. The van der Waals surface area contributed by atoms with E-state index in [1.165, 1.54) is 6.07 Å². The summed E-state index contributed by atoms with van der Waals surface area (Å²) in [7, 11) is 0. The monoisotopic (exact) mass is 485 g/mol. The number of aryl methyl sites for hydroxylation is 2. The summed E-state index contributed by atoms with van der Waals surface area (Å²) >= 11 is 6.06. The van der Waals surface area contributed by atoms with E-state index in [1.807, 2.05) is 5.32 Å². The summed E-state index contributed by atoms with van der Waals surface area (Å²) in [5, 5.41) is 11.8. The number of alkyl halides is 3. The molecule has 0 bridgehead atoms. The van der Waals surface area contributed by atoms with Crippen molar-refractivity contribution in [3.8, 4) is 0 Å². The van der Waals surface area contributed by atoms with Crippen molar-refractivity contribution in [1.82, 2.24) is 0 Å². The average molecular weight is 486 g/mol. The Balaban J connectivity index is 2.03.